The van der Waals surface area contributed by atoms with E-state index < -0.39 is 5.97 Å². The zero-order chi connectivity index (χ0) is 15.6. The number of aromatic nitrogens is 2. The number of carboxylic acids is 1. The number of aromatic carboxylic acids is 1. The third-order valence-corrected chi connectivity index (χ3v) is 4.20. The number of amides is 1. The maximum atomic E-state index is 12.6. The van der Waals surface area contributed by atoms with Crippen LogP contribution in [0.1, 0.15) is 39.9 Å². The van der Waals surface area contributed by atoms with Crippen molar-refractivity contribution in [1.29, 1.82) is 0 Å². The first-order valence-corrected chi connectivity index (χ1v) is 7.37. The molecule has 0 radical (unpaired) electrons. The zero-order valence-corrected chi connectivity index (χ0v) is 13.0. The Morgan fingerprint density at radius 2 is 2.19 bits per heavy atom. The number of nitrogens with zero attached hydrogens (tertiary/aromatic N) is 3. The van der Waals surface area contributed by atoms with Crippen molar-refractivity contribution in [2.45, 2.75) is 26.8 Å². The molecule has 2 heterocycles. The van der Waals surface area contributed by atoms with Crippen LogP contribution in [-0.4, -0.2) is 33.0 Å². The maximum absolute atomic E-state index is 12.6. The molecule has 2 aromatic heterocycles. The Kier molecular flexibility index (Phi) is 4.42. The van der Waals surface area contributed by atoms with Crippen LogP contribution in [-0.2, 0) is 6.54 Å². The first kappa shape index (κ1) is 15.2. The Morgan fingerprint density at radius 3 is 2.81 bits per heavy atom. The molecule has 112 valence electrons. The van der Waals surface area contributed by atoms with E-state index in [4.69, 9.17) is 0 Å². The van der Waals surface area contributed by atoms with Gasteiger partial charge in [-0.05, 0) is 37.0 Å². The predicted octanol–water partition coefficient (Wildman–Crippen LogP) is 2.64. The molecular weight excluding hydrogens is 290 g/mol. The number of carboxylic acid groups (broad SMARTS) is 1. The molecule has 0 aliphatic rings. The average molecular weight is 307 g/mol. The van der Waals surface area contributed by atoms with Crippen LogP contribution in [0, 0.1) is 6.92 Å². The van der Waals surface area contributed by atoms with Gasteiger partial charge in [0.2, 0.25) is 0 Å². The lowest BCUT2D eigenvalue weighted by Crippen LogP contribution is -2.29. The molecule has 0 bridgehead atoms. The third-order valence-electron chi connectivity index (χ3n) is 3.18. The van der Waals surface area contributed by atoms with Gasteiger partial charge in [-0.3, -0.25) is 9.69 Å². The molecule has 0 saturated heterocycles. The molecule has 2 rings (SSSR count). The van der Waals surface area contributed by atoms with E-state index in [1.54, 1.807) is 20.0 Å². The van der Waals surface area contributed by atoms with Crippen molar-refractivity contribution in [3.05, 3.63) is 35.3 Å². The molecule has 0 unspecified atom stereocenters. The van der Waals surface area contributed by atoms with Crippen LogP contribution in [0.15, 0.2) is 18.3 Å². The monoisotopic (exact) mass is 307 g/mol. The quantitative estimate of drug-likeness (QED) is 0.921. The van der Waals surface area contributed by atoms with Gasteiger partial charge in [-0.2, -0.15) is 4.37 Å². The summed E-state index contributed by atoms with van der Waals surface area (Å²) in [5.41, 5.74) is 1.05. The molecular formula is C14H17N3O3S. The molecule has 0 atom stereocenters. The van der Waals surface area contributed by atoms with Crippen molar-refractivity contribution in [2.75, 3.05) is 11.9 Å². The van der Waals surface area contributed by atoms with E-state index in [0.717, 1.165) is 24.5 Å². The lowest BCUT2D eigenvalue weighted by molar-refractivity contribution is 0.0697. The van der Waals surface area contributed by atoms with Crippen LogP contribution < -0.4 is 4.90 Å². The highest BCUT2D eigenvalue weighted by Crippen LogP contribution is 2.28. The lowest BCUT2D eigenvalue weighted by atomic mass is 10.2. The molecule has 1 N–H and O–H groups in total. The minimum absolute atomic E-state index is 0.0875. The van der Waals surface area contributed by atoms with Crippen molar-refractivity contribution in [2.24, 2.45) is 0 Å². The highest BCUT2D eigenvalue weighted by Gasteiger charge is 2.25. The number of anilines is 1. The van der Waals surface area contributed by atoms with Gasteiger partial charge < -0.3 is 9.67 Å². The minimum Gasteiger partial charge on any atom is -0.478 e. The van der Waals surface area contributed by atoms with Crippen LogP contribution >= 0.6 is 11.5 Å². The van der Waals surface area contributed by atoms with Crippen molar-refractivity contribution in [3.63, 3.8) is 0 Å². The summed E-state index contributed by atoms with van der Waals surface area (Å²) >= 11 is 1.02. The number of rotatable bonds is 5. The fourth-order valence-electron chi connectivity index (χ4n) is 2.14. The van der Waals surface area contributed by atoms with E-state index in [9.17, 15) is 14.7 Å². The highest BCUT2D eigenvalue weighted by atomic mass is 32.1. The predicted molar refractivity (Wildman–Crippen MR) is 81.3 cm³/mol. The van der Waals surface area contributed by atoms with Crippen LogP contribution in [0.2, 0.25) is 0 Å². The van der Waals surface area contributed by atoms with E-state index in [0.29, 0.717) is 16.4 Å². The summed E-state index contributed by atoms with van der Waals surface area (Å²) in [4.78, 5) is 25.2. The molecule has 0 fully saturated rings. The second-order valence-electron chi connectivity index (χ2n) is 4.70. The Labute approximate surface area is 126 Å². The number of aryl methyl sites for hydroxylation is 2. The van der Waals surface area contributed by atoms with Crippen molar-refractivity contribution in [3.8, 4) is 0 Å². The van der Waals surface area contributed by atoms with Crippen LogP contribution in [0.5, 0.6) is 0 Å². The van der Waals surface area contributed by atoms with E-state index in [1.165, 1.54) is 4.90 Å². The van der Waals surface area contributed by atoms with Gasteiger partial charge in [-0.1, -0.05) is 6.92 Å². The number of hydrogen-bond donors (Lipinski definition) is 1. The molecule has 7 heteroatoms. The molecule has 0 aliphatic carbocycles. The minimum atomic E-state index is -1.07. The third kappa shape index (κ3) is 2.82. The molecule has 0 aromatic carbocycles. The smallest absolute Gasteiger partial charge is 0.340 e. The Balaban J connectivity index is 2.36. The van der Waals surface area contributed by atoms with Gasteiger partial charge in [0, 0.05) is 19.8 Å². The summed E-state index contributed by atoms with van der Waals surface area (Å²) in [5.74, 6) is -1.31. The fourth-order valence-corrected chi connectivity index (χ4v) is 2.99. The van der Waals surface area contributed by atoms with Crippen molar-refractivity contribution in [1.82, 2.24) is 8.94 Å². The summed E-state index contributed by atoms with van der Waals surface area (Å²) in [5, 5.41) is 9.61. The van der Waals surface area contributed by atoms with Gasteiger partial charge in [0.25, 0.3) is 5.91 Å². The molecule has 1 amide bonds. The van der Waals surface area contributed by atoms with Gasteiger partial charge in [-0.25, -0.2) is 4.79 Å². The summed E-state index contributed by atoms with van der Waals surface area (Å²) < 4.78 is 5.91. The average Bonchev–Trinajstić information content (AvgIpc) is 3.04. The molecule has 0 aliphatic heterocycles. The number of carbonyl (C=O) groups excluding carboxylic acids is 1. The normalized spacial score (nSPS) is 10.6. The topological polar surface area (TPSA) is 75.4 Å². The summed E-state index contributed by atoms with van der Waals surface area (Å²) in [7, 11) is 1.57. The molecule has 0 saturated carbocycles. The standard InChI is InChI=1S/C14H17N3O3S/c1-4-7-17-8-5-6-10(17)12(18)16(3)13-11(14(19)20)9(2)15-21-13/h5-6,8H,4,7H2,1-3H3,(H,19,20). The molecule has 0 spiro atoms. The summed E-state index contributed by atoms with van der Waals surface area (Å²) in [6.45, 7) is 4.41. The molecule has 21 heavy (non-hydrogen) atoms. The van der Waals surface area contributed by atoms with Gasteiger partial charge in [0.1, 0.15) is 16.3 Å². The second-order valence-corrected chi connectivity index (χ2v) is 5.46. The SMILES string of the molecule is CCCn1cccc1C(=O)N(C)c1snc(C)c1C(=O)O. The van der Waals surface area contributed by atoms with Gasteiger partial charge >= 0.3 is 5.97 Å². The maximum Gasteiger partial charge on any atom is 0.340 e. The number of hydrogen-bond acceptors (Lipinski definition) is 4. The van der Waals surface area contributed by atoms with E-state index in [2.05, 4.69) is 4.37 Å². The first-order valence-electron chi connectivity index (χ1n) is 6.60. The summed E-state index contributed by atoms with van der Waals surface area (Å²) in [6.07, 6.45) is 2.76. The highest BCUT2D eigenvalue weighted by molar-refractivity contribution is 7.11. The second kappa shape index (κ2) is 6.09. The van der Waals surface area contributed by atoms with Crippen molar-refractivity contribution < 1.29 is 14.7 Å². The van der Waals surface area contributed by atoms with E-state index in [1.807, 2.05) is 23.8 Å². The Hall–Kier alpha value is -2.15. The van der Waals surface area contributed by atoms with E-state index in [-0.39, 0.29) is 11.5 Å². The van der Waals surface area contributed by atoms with Gasteiger partial charge in [-0.15, -0.1) is 0 Å². The number of carbonyl (C=O) groups is 2. The van der Waals surface area contributed by atoms with Crippen LogP contribution in [0.4, 0.5) is 5.00 Å². The summed E-state index contributed by atoms with van der Waals surface area (Å²) in [6, 6.07) is 3.55. The van der Waals surface area contributed by atoms with Crippen LogP contribution in [0.25, 0.3) is 0 Å². The lowest BCUT2D eigenvalue weighted by Gasteiger charge is -2.17. The van der Waals surface area contributed by atoms with Gasteiger partial charge in [0.15, 0.2) is 0 Å². The fraction of sp³-hybridized carbons (Fsp3) is 0.357. The zero-order valence-electron chi connectivity index (χ0n) is 12.2. The molecule has 2 aromatic rings. The Bertz CT molecular complexity index is 675. The first-order chi connectivity index (χ1) is 9.97. The van der Waals surface area contributed by atoms with E-state index >= 15 is 0 Å². The van der Waals surface area contributed by atoms with Crippen LogP contribution in [0.3, 0.4) is 0 Å². The molecule has 6 nitrogen and oxygen atoms in total. The van der Waals surface area contributed by atoms with Crippen molar-refractivity contribution >= 4 is 28.4 Å². The van der Waals surface area contributed by atoms with Gasteiger partial charge in [0.05, 0.1) is 5.69 Å². The Morgan fingerprint density at radius 1 is 1.48 bits per heavy atom. The largest absolute Gasteiger partial charge is 0.478 e.